The number of nitrogens with two attached hydrogens (primary N) is 1. The summed E-state index contributed by atoms with van der Waals surface area (Å²) in [4.78, 5) is 16.5. The van der Waals surface area contributed by atoms with Gasteiger partial charge in [-0.3, -0.25) is 4.79 Å². The van der Waals surface area contributed by atoms with Crippen molar-refractivity contribution in [1.29, 1.82) is 0 Å². The van der Waals surface area contributed by atoms with E-state index in [1.807, 2.05) is 24.4 Å². The van der Waals surface area contributed by atoms with Gasteiger partial charge in [-0.1, -0.05) is 24.0 Å². The van der Waals surface area contributed by atoms with E-state index in [4.69, 9.17) is 18.0 Å². The van der Waals surface area contributed by atoms with Gasteiger partial charge in [0.15, 0.2) is 0 Å². The zero-order chi connectivity index (χ0) is 16.0. The summed E-state index contributed by atoms with van der Waals surface area (Å²) in [5.41, 5.74) is 9.93. The van der Waals surface area contributed by atoms with E-state index in [1.165, 1.54) is 11.8 Å². The lowest BCUT2D eigenvalue weighted by Crippen LogP contribution is -2.17. The number of carbonyl (C=O) groups excluding carboxylic acids is 1. The van der Waals surface area contributed by atoms with Gasteiger partial charge in [-0.05, 0) is 46.8 Å². The van der Waals surface area contributed by atoms with Gasteiger partial charge in [0.25, 0.3) is 5.91 Å². The fourth-order valence-corrected chi connectivity index (χ4v) is 4.46. The topological polar surface area (TPSA) is 70.9 Å². The van der Waals surface area contributed by atoms with Crippen molar-refractivity contribution in [3.05, 3.63) is 45.6 Å². The first-order valence-electron chi connectivity index (χ1n) is 6.80. The Balaban J connectivity index is 1.71. The number of thiophene rings is 1. The summed E-state index contributed by atoms with van der Waals surface area (Å²) < 4.78 is 0.503. The largest absolute Gasteiger partial charge is 0.397 e. The van der Waals surface area contributed by atoms with Crippen molar-refractivity contribution in [2.24, 2.45) is 0 Å². The summed E-state index contributed by atoms with van der Waals surface area (Å²) in [5, 5.41) is 5.77. The van der Waals surface area contributed by atoms with Gasteiger partial charge in [-0.15, -0.1) is 11.3 Å². The molecule has 1 aliphatic heterocycles. The van der Waals surface area contributed by atoms with Crippen LogP contribution in [0.4, 0.5) is 5.69 Å². The Morgan fingerprint density at radius 2 is 2.09 bits per heavy atom. The molecule has 1 fully saturated rings. The number of thioether (sulfide) groups is 1. The Hall–Kier alpha value is -2.09. The molecule has 1 saturated heterocycles. The fourth-order valence-electron chi connectivity index (χ4n) is 2.50. The summed E-state index contributed by atoms with van der Waals surface area (Å²) in [5.74, 6) is -0.132. The van der Waals surface area contributed by atoms with Gasteiger partial charge >= 0.3 is 0 Å². The molecule has 0 unspecified atom stereocenters. The van der Waals surface area contributed by atoms with Crippen LogP contribution in [0.2, 0.25) is 0 Å². The monoisotopic (exact) mass is 357 g/mol. The molecule has 0 radical (unpaired) electrons. The van der Waals surface area contributed by atoms with E-state index >= 15 is 0 Å². The van der Waals surface area contributed by atoms with Gasteiger partial charge < -0.3 is 16.0 Å². The highest BCUT2D eigenvalue weighted by Crippen LogP contribution is 2.33. The number of nitrogen functional groups attached to an aromatic ring is 1. The number of nitrogens with one attached hydrogen (secondary N) is 2. The molecule has 1 aromatic carbocycles. The van der Waals surface area contributed by atoms with Crippen LogP contribution < -0.4 is 11.1 Å². The highest BCUT2D eigenvalue weighted by molar-refractivity contribution is 8.26. The third-order valence-corrected chi connectivity index (χ3v) is 5.60. The lowest BCUT2D eigenvalue weighted by Gasteiger charge is -2.02. The Morgan fingerprint density at radius 1 is 1.22 bits per heavy atom. The molecule has 2 aromatic heterocycles. The van der Waals surface area contributed by atoms with Crippen LogP contribution in [-0.2, 0) is 4.79 Å². The summed E-state index contributed by atoms with van der Waals surface area (Å²) in [6.07, 6.45) is 3.75. The van der Waals surface area contributed by atoms with Crippen LogP contribution in [0.25, 0.3) is 28.1 Å². The maximum Gasteiger partial charge on any atom is 0.263 e. The van der Waals surface area contributed by atoms with Gasteiger partial charge in [0, 0.05) is 16.5 Å². The molecular weight excluding hydrogens is 346 g/mol. The van der Waals surface area contributed by atoms with Gasteiger partial charge in [0.2, 0.25) is 0 Å². The average molecular weight is 357 g/mol. The molecule has 3 aromatic rings. The molecule has 114 valence electrons. The van der Waals surface area contributed by atoms with E-state index in [2.05, 4.69) is 27.8 Å². The Bertz CT molecular complexity index is 984. The van der Waals surface area contributed by atoms with Crippen LogP contribution in [0.15, 0.2) is 40.7 Å². The van der Waals surface area contributed by atoms with Crippen molar-refractivity contribution in [2.45, 2.75) is 0 Å². The third kappa shape index (κ3) is 2.67. The lowest BCUT2D eigenvalue weighted by molar-refractivity contribution is -0.115. The first-order valence-corrected chi connectivity index (χ1v) is 8.91. The number of thiocarbonyl (C=S) groups is 1. The van der Waals surface area contributed by atoms with Crippen molar-refractivity contribution in [1.82, 2.24) is 10.3 Å². The van der Waals surface area contributed by atoms with Crippen LogP contribution in [0.3, 0.4) is 0 Å². The Labute approximate surface area is 145 Å². The molecule has 0 bridgehead atoms. The molecule has 0 saturated carbocycles. The lowest BCUT2D eigenvalue weighted by atomic mass is 10.1. The van der Waals surface area contributed by atoms with E-state index in [-0.39, 0.29) is 5.91 Å². The van der Waals surface area contributed by atoms with Crippen LogP contribution in [-0.4, -0.2) is 15.2 Å². The predicted octanol–water partition coefficient (Wildman–Crippen LogP) is 3.97. The van der Waals surface area contributed by atoms with Crippen LogP contribution >= 0.6 is 35.3 Å². The predicted molar refractivity (Wildman–Crippen MR) is 102 cm³/mol. The molecule has 3 heterocycles. The normalized spacial score (nSPS) is 16.4. The number of fused-ring (bicyclic) bond motifs is 1. The number of anilines is 1. The maximum absolute atomic E-state index is 11.7. The summed E-state index contributed by atoms with van der Waals surface area (Å²) >= 11 is 7.88. The zero-order valence-corrected chi connectivity index (χ0v) is 14.2. The van der Waals surface area contributed by atoms with Gasteiger partial charge in [-0.25, -0.2) is 0 Å². The Kier molecular flexibility index (Phi) is 3.48. The smallest absolute Gasteiger partial charge is 0.263 e. The number of benzene rings is 1. The Morgan fingerprint density at radius 3 is 2.87 bits per heavy atom. The zero-order valence-electron chi connectivity index (χ0n) is 11.8. The van der Waals surface area contributed by atoms with Crippen LogP contribution in [0.1, 0.15) is 4.88 Å². The van der Waals surface area contributed by atoms with Crippen molar-refractivity contribution in [3.8, 4) is 11.1 Å². The molecule has 23 heavy (non-hydrogen) atoms. The first kappa shape index (κ1) is 14.5. The molecule has 1 amide bonds. The van der Waals surface area contributed by atoms with Crippen LogP contribution in [0, 0.1) is 0 Å². The van der Waals surface area contributed by atoms with Crippen molar-refractivity contribution in [2.75, 3.05) is 5.73 Å². The van der Waals surface area contributed by atoms with E-state index in [0.29, 0.717) is 9.23 Å². The second-order valence-electron chi connectivity index (χ2n) is 5.10. The molecule has 0 spiro atoms. The maximum atomic E-state index is 11.7. The highest BCUT2D eigenvalue weighted by Gasteiger charge is 2.22. The third-order valence-electron chi connectivity index (χ3n) is 3.56. The highest BCUT2D eigenvalue weighted by atomic mass is 32.2. The molecule has 0 atom stereocenters. The second kappa shape index (κ2) is 5.52. The number of hydrogen-bond acceptors (Lipinski definition) is 5. The molecule has 4 nitrogen and oxygen atoms in total. The summed E-state index contributed by atoms with van der Waals surface area (Å²) in [6.45, 7) is 0. The molecule has 4 rings (SSSR count). The average Bonchev–Trinajstić information content (AvgIpc) is 3.20. The number of carbonyl (C=O) groups is 1. The number of rotatable bonds is 2. The number of hydrogen-bond donors (Lipinski definition) is 3. The SMILES string of the molecule is Nc1cc(-c2csc(/C=C3\SC(=S)NC3=O)c2)cc2cc[nH]c12. The fraction of sp³-hybridized carbons (Fsp3) is 0. The van der Waals surface area contributed by atoms with Crippen molar-refractivity contribution < 1.29 is 4.79 Å². The first-order chi connectivity index (χ1) is 11.1. The van der Waals surface area contributed by atoms with E-state index in [9.17, 15) is 4.79 Å². The summed E-state index contributed by atoms with van der Waals surface area (Å²) in [7, 11) is 0. The number of amides is 1. The summed E-state index contributed by atoms with van der Waals surface area (Å²) in [6, 6.07) is 8.13. The van der Waals surface area contributed by atoms with Gasteiger partial charge in [0.05, 0.1) is 16.1 Å². The molecule has 1 aliphatic rings. The van der Waals surface area contributed by atoms with Crippen molar-refractivity contribution >= 4 is 68.2 Å². The molecule has 0 aliphatic carbocycles. The number of aromatic amines is 1. The van der Waals surface area contributed by atoms with Gasteiger partial charge in [0.1, 0.15) is 4.32 Å². The molecule has 4 N–H and O–H groups in total. The van der Waals surface area contributed by atoms with E-state index < -0.39 is 0 Å². The minimum atomic E-state index is -0.132. The standard InChI is InChI=1S/C16H11N3OS3/c17-12-5-9(3-8-1-2-18-14(8)12)10-4-11(22-7-10)6-13-15(20)19-16(21)23-13/h1-7,18H,17H2,(H,19,20,21)/b13-6-. The number of aromatic nitrogens is 1. The van der Waals surface area contributed by atoms with E-state index in [1.54, 1.807) is 11.3 Å². The number of H-pyrrole nitrogens is 1. The molecule has 7 heteroatoms. The van der Waals surface area contributed by atoms with Crippen molar-refractivity contribution in [3.63, 3.8) is 0 Å². The van der Waals surface area contributed by atoms with Gasteiger partial charge in [-0.2, -0.15) is 0 Å². The quantitative estimate of drug-likeness (QED) is 0.369. The second-order valence-corrected chi connectivity index (χ2v) is 7.76. The van der Waals surface area contributed by atoms with E-state index in [0.717, 1.165) is 32.6 Å². The molecular formula is C16H11N3OS3. The minimum Gasteiger partial charge on any atom is -0.397 e. The minimum absolute atomic E-state index is 0.132. The van der Waals surface area contributed by atoms with Crippen LogP contribution in [0.5, 0.6) is 0 Å².